The highest BCUT2D eigenvalue weighted by Crippen LogP contribution is 2.37. The normalized spacial score (nSPS) is 12.1. The van der Waals surface area contributed by atoms with Gasteiger partial charge in [-0.25, -0.2) is 9.78 Å². The van der Waals surface area contributed by atoms with Gasteiger partial charge in [0.25, 0.3) is 0 Å². The van der Waals surface area contributed by atoms with Crippen LogP contribution in [0.1, 0.15) is 44.9 Å². The van der Waals surface area contributed by atoms with E-state index in [-0.39, 0.29) is 10.4 Å². The van der Waals surface area contributed by atoms with Crippen molar-refractivity contribution in [1.29, 1.82) is 0 Å². The summed E-state index contributed by atoms with van der Waals surface area (Å²) in [6, 6.07) is 24.8. The maximum Gasteiger partial charge on any atom is 0.337 e. The number of hydrogen-bond acceptors (Lipinski definition) is 5. The van der Waals surface area contributed by atoms with Gasteiger partial charge in [0.2, 0.25) is 0 Å². The standard InChI is InChI=1S/C28H22ClNO3S/c1-18(31)34-27(22-7-4-8-23(16-22)28(32)33-2)21-6-3-5-19(15-21)9-13-25-14-11-20-10-12-24(29)17-26(20)30-25/h3-17,27H,1-2H3. The second kappa shape index (κ2) is 10.7. The topological polar surface area (TPSA) is 56.3 Å². The molecule has 0 amide bonds. The average molecular weight is 488 g/mol. The third-order valence-corrected chi connectivity index (χ3v) is 6.58. The molecule has 0 radical (unpaired) electrons. The number of benzene rings is 3. The molecular formula is C28H22ClNO3S. The molecule has 4 nitrogen and oxygen atoms in total. The van der Waals surface area contributed by atoms with Crippen LogP contribution in [-0.2, 0) is 9.53 Å². The maximum atomic E-state index is 12.0. The van der Waals surface area contributed by atoms with Crippen molar-refractivity contribution in [2.24, 2.45) is 0 Å². The highest BCUT2D eigenvalue weighted by atomic mass is 35.5. The first-order valence-electron chi connectivity index (χ1n) is 10.6. The van der Waals surface area contributed by atoms with Crippen molar-refractivity contribution in [2.75, 3.05) is 7.11 Å². The third-order valence-electron chi connectivity index (χ3n) is 5.23. The number of halogens is 1. The largest absolute Gasteiger partial charge is 0.465 e. The van der Waals surface area contributed by atoms with E-state index in [1.165, 1.54) is 18.9 Å². The van der Waals surface area contributed by atoms with Gasteiger partial charge in [0.15, 0.2) is 5.12 Å². The number of ether oxygens (including phenoxy) is 1. The summed E-state index contributed by atoms with van der Waals surface area (Å²) < 4.78 is 4.85. The molecule has 0 aliphatic carbocycles. The molecule has 34 heavy (non-hydrogen) atoms. The van der Waals surface area contributed by atoms with Crippen molar-refractivity contribution in [3.8, 4) is 0 Å². The van der Waals surface area contributed by atoms with Crippen LogP contribution < -0.4 is 0 Å². The van der Waals surface area contributed by atoms with E-state index in [4.69, 9.17) is 16.3 Å². The predicted molar refractivity (Wildman–Crippen MR) is 140 cm³/mol. The Hall–Kier alpha value is -3.41. The van der Waals surface area contributed by atoms with Crippen molar-refractivity contribution in [1.82, 2.24) is 4.98 Å². The number of hydrogen-bond donors (Lipinski definition) is 0. The average Bonchev–Trinajstić information content (AvgIpc) is 2.85. The molecule has 6 heteroatoms. The number of aromatic nitrogens is 1. The van der Waals surface area contributed by atoms with E-state index in [0.29, 0.717) is 10.6 Å². The molecule has 0 aliphatic heterocycles. The predicted octanol–water partition coefficient (Wildman–Crippen LogP) is 7.21. The van der Waals surface area contributed by atoms with E-state index >= 15 is 0 Å². The fourth-order valence-electron chi connectivity index (χ4n) is 3.65. The molecule has 0 aliphatic rings. The second-order valence-electron chi connectivity index (χ2n) is 7.68. The Bertz CT molecular complexity index is 1400. The van der Waals surface area contributed by atoms with E-state index < -0.39 is 5.97 Å². The maximum absolute atomic E-state index is 12.0. The van der Waals surface area contributed by atoms with Gasteiger partial charge in [0.1, 0.15) is 0 Å². The fourth-order valence-corrected chi connectivity index (χ4v) is 4.71. The summed E-state index contributed by atoms with van der Waals surface area (Å²) in [4.78, 5) is 28.7. The van der Waals surface area contributed by atoms with E-state index in [1.54, 1.807) is 25.1 Å². The van der Waals surface area contributed by atoms with Gasteiger partial charge in [0.05, 0.1) is 29.1 Å². The summed E-state index contributed by atoms with van der Waals surface area (Å²) >= 11 is 7.32. The zero-order chi connectivity index (χ0) is 24.1. The number of carbonyl (C=O) groups is 2. The third kappa shape index (κ3) is 5.74. The Balaban J connectivity index is 1.65. The van der Waals surface area contributed by atoms with Gasteiger partial charge in [-0.15, -0.1) is 0 Å². The van der Waals surface area contributed by atoms with Crippen molar-refractivity contribution in [3.63, 3.8) is 0 Å². The molecule has 0 saturated heterocycles. The van der Waals surface area contributed by atoms with Gasteiger partial charge in [-0.2, -0.15) is 0 Å². The summed E-state index contributed by atoms with van der Waals surface area (Å²) in [6.07, 6.45) is 3.94. The molecule has 0 saturated carbocycles. The first kappa shape index (κ1) is 23.7. The molecule has 4 aromatic rings. The number of fused-ring (bicyclic) bond motifs is 1. The molecule has 0 fully saturated rings. The minimum absolute atomic E-state index is 0.00607. The molecule has 0 N–H and O–H groups in total. The Labute approximate surface area is 207 Å². The number of nitrogens with zero attached hydrogens (tertiary/aromatic N) is 1. The quantitative estimate of drug-likeness (QED) is 0.269. The number of rotatable bonds is 6. The highest BCUT2D eigenvalue weighted by Gasteiger charge is 2.19. The molecule has 1 aromatic heterocycles. The van der Waals surface area contributed by atoms with Gasteiger partial charge in [-0.3, -0.25) is 4.79 Å². The smallest absolute Gasteiger partial charge is 0.337 e. The Morgan fingerprint density at radius 2 is 1.68 bits per heavy atom. The van der Waals surface area contributed by atoms with Crippen LogP contribution in [0.2, 0.25) is 5.02 Å². The van der Waals surface area contributed by atoms with Crippen LogP contribution in [0.4, 0.5) is 0 Å². The molecule has 1 unspecified atom stereocenters. The summed E-state index contributed by atoms with van der Waals surface area (Å²) in [5.74, 6) is -0.408. The van der Waals surface area contributed by atoms with Crippen LogP contribution in [0.25, 0.3) is 23.1 Å². The zero-order valence-corrected chi connectivity index (χ0v) is 20.3. The monoisotopic (exact) mass is 487 g/mol. The van der Waals surface area contributed by atoms with Gasteiger partial charge < -0.3 is 4.74 Å². The van der Waals surface area contributed by atoms with Gasteiger partial charge in [0, 0.05) is 17.3 Å². The van der Waals surface area contributed by atoms with Gasteiger partial charge >= 0.3 is 5.97 Å². The number of esters is 1. The molecule has 4 rings (SSSR count). The van der Waals surface area contributed by atoms with Crippen LogP contribution in [0.15, 0.2) is 78.9 Å². The van der Waals surface area contributed by atoms with Crippen LogP contribution in [0, 0.1) is 0 Å². The number of methoxy groups -OCH3 is 1. The van der Waals surface area contributed by atoms with Crippen LogP contribution in [-0.4, -0.2) is 23.2 Å². The minimum atomic E-state index is -0.408. The van der Waals surface area contributed by atoms with Crippen molar-refractivity contribution < 1.29 is 14.3 Å². The van der Waals surface area contributed by atoms with Crippen molar-refractivity contribution >= 4 is 57.5 Å². The SMILES string of the molecule is COC(=O)c1cccc(C(SC(C)=O)c2cccc(C=Cc3ccc4ccc(Cl)cc4n3)c2)c1. The van der Waals surface area contributed by atoms with Crippen LogP contribution in [0.5, 0.6) is 0 Å². The molecule has 170 valence electrons. The van der Waals surface area contributed by atoms with Crippen LogP contribution >= 0.6 is 23.4 Å². The summed E-state index contributed by atoms with van der Waals surface area (Å²) in [5, 5.41) is 1.42. The molecule has 0 bridgehead atoms. The lowest BCUT2D eigenvalue weighted by Gasteiger charge is -2.17. The lowest BCUT2D eigenvalue weighted by molar-refractivity contribution is -0.109. The number of pyridine rings is 1. The fraction of sp³-hybridized carbons (Fsp3) is 0.107. The molecule has 1 heterocycles. The van der Waals surface area contributed by atoms with Gasteiger partial charge in [-0.05, 0) is 53.1 Å². The lowest BCUT2D eigenvalue weighted by Crippen LogP contribution is -2.05. The van der Waals surface area contributed by atoms with E-state index in [1.807, 2.05) is 72.8 Å². The first-order valence-corrected chi connectivity index (χ1v) is 11.9. The molecular weight excluding hydrogens is 466 g/mol. The lowest BCUT2D eigenvalue weighted by atomic mass is 10.00. The summed E-state index contributed by atoms with van der Waals surface area (Å²) in [7, 11) is 1.35. The van der Waals surface area contributed by atoms with E-state index in [0.717, 1.165) is 33.3 Å². The summed E-state index contributed by atoms with van der Waals surface area (Å²) in [6.45, 7) is 1.54. The minimum Gasteiger partial charge on any atom is -0.465 e. The highest BCUT2D eigenvalue weighted by molar-refractivity contribution is 8.13. The van der Waals surface area contributed by atoms with Crippen LogP contribution in [0.3, 0.4) is 0 Å². The number of thioether (sulfide) groups is 1. The van der Waals surface area contributed by atoms with E-state index in [9.17, 15) is 9.59 Å². The first-order chi connectivity index (χ1) is 16.4. The Kier molecular flexibility index (Phi) is 7.46. The molecule has 3 aromatic carbocycles. The Morgan fingerprint density at radius 1 is 0.941 bits per heavy atom. The zero-order valence-electron chi connectivity index (χ0n) is 18.7. The Morgan fingerprint density at radius 3 is 2.44 bits per heavy atom. The van der Waals surface area contributed by atoms with E-state index in [2.05, 4.69) is 4.98 Å². The molecule has 1 atom stereocenters. The number of carbonyl (C=O) groups excluding carboxylic acids is 2. The summed E-state index contributed by atoms with van der Waals surface area (Å²) in [5.41, 5.74) is 4.91. The second-order valence-corrected chi connectivity index (χ2v) is 9.40. The van der Waals surface area contributed by atoms with Crippen molar-refractivity contribution in [2.45, 2.75) is 12.2 Å². The van der Waals surface area contributed by atoms with Gasteiger partial charge in [-0.1, -0.05) is 78.0 Å². The van der Waals surface area contributed by atoms with Crippen molar-refractivity contribution in [3.05, 3.63) is 112 Å². The molecule has 0 spiro atoms.